The molecule has 37 heavy (non-hydrogen) atoms. The summed E-state index contributed by atoms with van der Waals surface area (Å²) in [5.41, 5.74) is 1.04. The van der Waals surface area contributed by atoms with E-state index in [2.05, 4.69) is 10.6 Å². The maximum Gasteiger partial charge on any atom is 0.303 e. The maximum absolute atomic E-state index is 12.8. The van der Waals surface area contributed by atoms with Crippen LogP contribution in [0.2, 0.25) is 0 Å². The lowest BCUT2D eigenvalue weighted by atomic mass is 9.88. The molecule has 2 rings (SSSR count). The zero-order chi connectivity index (χ0) is 27.5. The number of hydrogen-bond donors (Lipinski definition) is 7. The number of nitrogens with one attached hydrogen (secondary N) is 2. The Kier molecular flexibility index (Phi) is 12.4. The van der Waals surface area contributed by atoms with Gasteiger partial charge in [0.15, 0.2) is 6.29 Å². The average Bonchev–Trinajstić information content (AvgIpc) is 2.86. The van der Waals surface area contributed by atoms with Crippen LogP contribution in [0.5, 0.6) is 0 Å². The summed E-state index contributed by atoms with van der Waals surface area (Å²) in [7, 11) is 0. The van der Waals surface area contributed by atoms with Crippen LogP contribution in [0.3, 0.4) is 0 Å². The first-order chi connectivity index (χ1) is 17.5. The highest BCUT2D eigenvalue weighted by atomic mass is 16.6. The number of benzene rings is 1. The molecule has 2 amide bonds. The highest BCUT2D eigenvalue weighted by Gasteiger charge is 2.42. The fourth-order valence-electron chi connectivity index (χ4n) is 4.01. The van der Waals surface area contributed by atoms with E-state index in [9.17, 15) is 34.8 Å². The zero-order valence-corrected chi connectivity index (χ0v) is 21.0. The third kappa shape index (κ3) is 9.99. The Labute approximate surface area is 215 Å². The molecule has 0 spiro atoms. The SMILES string of the molecule is C[C@H]1[C@@H](O)[C@@H](O)[C@H](O)O[C@@H]1CC(CNC(=O)[C@@H](NC(=O)CCC(=O)O)[C@H](C)O)OCCc1ccccc1. The summed E-state index contributed by atoms with van der Waals surface area (Å²) < 4.78 is 11.5. The Morgan fingerprint density at radius 1 is 1.08 bits per heavy atom. The number of amides is 2. The Balaban J connectivity index is 2.02. The first-order valence-electron chi connectivity index (χ1n) is 12.3. The van der Waals surface area contributed by atoms with Crippen LogP contribution in [-0.2, 0) is 30.3 Å². The number of hydrogen-bond acceptors (Lipinski definition) is 9. The summed E-state index contributed by atoms with van der Waals surface area (Å²) in [6.45, 7) is 3.25. The molecule has 1 aliphatic heterocycles. The van der Waals surface area contributed by atoms with Gasteiger partial charge in [0.1, 0.15) is 12.1 Å². The van der Waals surface area contributed by atoms with Crippen molar-refractivity contribution >= 4 is 17.8 Å². The smallest absolute Gasteiger partial charge is 0.303 e. The Morgan fingerprint density at radius 2 is 1.76 bits per heavy atom. The molecule has 1 unspecified atom stereocenters. The average molecular weight is 527 g/mol. The molecule has 0 radical (unpaired) electrons. The van der Waals surface area contributed by atoms with Gasteiger partial charge in [-0.2, -0.15) is 0 Å². The molecule has 1 aromatic rings. The van der Waals surface area contributed by atoms with Gasteiger partial charge < -0.3 is 45.6 Å². The number of carbonyl (C=O) groups excluding carboxylic acids is 2. The first-order valence-corrected chi connectivity index (χ1v) is 12.3. The van der Waals surface area contributed by atoms with Gasteiger partial charge in [-0.3, -0.25) is 14.4 Å². The molecule has 1 saturated heterocycles. The van der Waals surface area contributed by atoms with Crippen molar-refractivity contribution in [2.24, 2.45) is 5.92 Å². The number of carboxylic acid groups (broad SMARTS) is 1. The fourth-order valence-corrected chi connectivity index (χ4v) is 4.01. The van der Waals surface area contributed by atoms with Gasteiger partial charge in [-0.1, -0.05) is 37.3 Å². The summed E-state index contributed by atoms with van der Waals surface area (Å²) in [4.78, 5) is 35.4. The molecule has 0 bridgehead atoms. The Bertz CT molecular complexity index is 868. The standard InChI is InChI=1S/C25H38N2O10/c1-14-18(37-25(35)23(33)22(14)32)12-17(36-11-10-16-6-4-3-5-7-16)13-26-24(34)21(15(2)28)27-19(29)8-9-20(30)31/h3-7,14-15,17-18,21-23,25,28,32-33,35H,8-13H2,1-2H3,(H,26,34)(H,27,29)(H,30,31)/t14-,15+,17?,18-,21+,22-,23-,25-/m1/s1. The molecule has 8 atom stereocenters. The summed E-state index contributed by atoms with van der Waals surface area (Å²) in [6.07, 6.45) is -6.80. The highest BCUT2D eigenvalue weighted by Crippen LogP contribution is 2.28. The second-order valence-corrected chi connectivity index (χ2v) is 9.29. The molecule has 12 heteroatoms. The molecular weight excluding hydrogens is 488 g/mol. The van der Waals surface area contributed by atoms with Gasteiger partial charge in [0.2, 0.25) is 11.8 Å². The number of aliphatic hydroxyl groups excluding tert-OH is 4. The second-order valence-electron chi connectivity index (χ2n) is 9.29. The van der Waals surface area contributed by atoms with Crippen LogP contribution in [0.1, 0.15) is 38.7 Å². The van der Waals surface area contributed by atoms with E-state index in [-0.39, 0.29) is 19.4 Å². The number of aliphatic carboxylic acids is 1. The van der Waals surface area contributed by atoms with Gasteiger partial charge in [0.25, 0.3) is 0 Å². The fraction of sp³-hybridized carbons (Fsp3) is 0.640. The largest absolute Gasteiger partial charge is 0.481 e. The lowest BCUT2D eigenvalue weighted by Gasteiger charge is -2.40. The number of carbonyl (C=O) groups is 3. The van der Waals surface area contributed by atoms with Crippen LogP contribution < -0.4 is 10.6 Å². The zero-order valence-electron chi connectivity index (χ0n) is 21.0. The van der Waals surface area contributed by atoms with Gasteiger partial charge in [-0.15, -0.1) is 0 Å². The number of rotatable bonds is 14. The topological polar surface area (TPSA) is 195 Å². The van der Waals surface area contributed by atoms with Gasteiger partial charge in [-0.05, 0) is 18.9 Å². The molecule has 1 aliphatic rings. The Hall–Kier alpha value is -2.61. The van der Waals surface area contributed by atoms with E-state index >= 15 is 0 Å². The van der Waals surface area contributed by atoms with Gasteiger partial charge in [0.05, 0.1) is 37.4 Å². The van der Waals surface area contributed by atoms with E-state index in [0.29, 0.717) is 13.0 Å². The van der Waals surface area contributed by atoms with E-state index < -0.39 is 73.0 Å². The van der Waals surface area contributed by atoms with Crippen LogP contribution in [0.4, 0.5) is 0 Å². The van der Waals surface area contributed by atoms with E-state index in [1.165, 1.54) is 6.92 Å². The third-order valence-corrected chi connectivity index (χ3v) is 6.31. The van der Waals surface area contributed by atoms with Gasteiger partial charge in [0, 0.05) is 25.3 Å². The molecule has 12 nitrogen and oxygen atoms in total. The molecule has 1 aromatic carbocycles. The van der Waals surface area contributed by atoms with Crippen molar-refractivity contribution in [1.29, 1.82) is 0 Å². The van der Waals surface area contributed by atoms with Crippen LogP contribution in [-0.4, -0.2) is 99.3 Å². The normalized spacial score (nSPS) is 26.1. The summed E-state index contributed by atoms with van der Waals surface area (Å²) in [5.74, 6) is -3.08. The minimum Gasteiger partial charge on any atom is -0.481 e. The third-order valence-electron chi connectivity index (χ3n) is 6.31. The molecule has 0 aromatic heterocycles. The van der Waals surface area contributed by atoms with Crippen LogP contribution in [0.25, 0.3) is 0 Å². The molecule has 1 heterocycles. The van der Waals surface area contributed by atoms with Crippen molar-refractivity contribution in [2.75, 3.05) is 13.2 Å². The van der Waals surface area contributed by atoms with Crippen molar-refractivity contribution < 1.29 is 49.4 Å². The predicted molar refractivity (Wildman–Crippen MR) is 130 cm³/mol. The van der Waals surface area contributed by atoms with Crippen molar-refractivity contribution in [2.45, 2.75) is 82.4 Å². The van der Waals surface area contributed by atoms with E-state index in [1.807, 2.05) is 30.3 Å². The lowest BCUT2D eigenvalue weighted by molar-refractivity contribution is -0.270. The minimum absolute atomic E-state index is 0.0385. The van der Waals surface area contributed by atoms with E-state index in [1.54, 1.807) is 6.92 Å². The molecule has 0 aliphatic carbocycles. The number of carboxylic acids is 1. The monoisotopic (exact) mass is 526 g/mol. The molecule has 0 saturated carbocycles. The summed E-state index contributed by atoms with van der Waals surface area (Å²) in [6, 6.07) is 8.28. The summed E-state index contributed by atoms with van der Waals surface area (Å²) in [5, 5.41) is 53.7. The van der Waals surface area contributed by atoms with Crippen LogP contribution in [0, 0.1) is 5.92 Å². The molecule has 1 fully saturated rings. The van der Waals surface area contributed by atoms with Crippen molar-refractivity contribution in [1.82, 2.24) is 10.6 Å². The number of aliphatic hydroxyl groups is 4. The Morgan fingerprint density at radius 3 is 2.38 bits per heavy atom. The lowest BCUT2D eigenvalue weighted by Crippen LogP contribution is -2.55. The van der Waals surface area contributed by atoms with E-state index in [0.717, 1.165) is 5.56 Å². The molecule has 208 valence electrons. The molecular formula is C25H38N2O10. The van der Waals surface area contributed by atoms with Crippen molar-refractivity contribution in [3.05, 3.63) is 35.9 Å². The van der Waals surface area contributed by atoms with Crippen molar-refractivity contribution in [3.8, 4) is 0 Å². The quantitative estimate of drug-likeness (QED) is 0.157. The second kappa shape index (κ2) is 15.0. The minimum atomic E-state index is -1.57. The van der Waals surface area contributed by atoms with Crippen LogP contribution >= 0.6 is 0 Å². The summed E-state index contributed by atoms with van der Waals surface area (Å²) >= 11 is 0. The van der Waals surface area contributed by atoms with Crippen molar-refractivity contribution in [3.63, 3.8) is 0 Å². The van der Waals surface area contributed by atoms with Gasteiger partial charge >= 0.3 is 5.97 Å². The first kappa shape index (κ1) is 30.6. The van der Waals surface area contributed by atoms with E-state index in [4.69, 9.17) is 14.6 Å². The van der Waals surface area contributed by atoms with Gasteiger partial charge in [-0.25, -0.2) is 0 Å². The van der Waals surface area contributed by atoms with Crippen LogP contribution in [0.15, 0.2) is 30.3 Å². The number of ether oxygens (including phenoxy) is 2. The maximum atomic E-state index is 12.8. The predicted octanol–water partition coefficient (Wildman–Crippen LogP) is -1.07. The highest BCUT2D eigenvalue weighted by molar-refractivity contribution is 5.89. The molecule has 7 N–H and O–H groups in total.